The molecule has 29 heavy (non-hydrogen) atoms. The lowest BCUT2D eigenvalue weighted by atomic mass is 10.1. The molecule has 2 aromatic carbocycles. The van der Waals surface area contributed by atoms with Crippen LogP contribution in [-0.2, 0) is 0 Å². The number of anilines is 1. The molecule has 0 fully saturated rings. The smallest absolute Gasteiger partial charge is 0.239 e. The van der Waals surface area contributed by atoms with Crippen LogP contribution in [0.3, 0.4) is 0 Å². The number of fused-ring (bicyclic) bond motifs is 2. The van der Waals surface area contributed by atoms with E-state index < -0.39 is 0 Å². The molecule has 0 atom stereocenters. The van der Waals surface area contributed by atoms with Gasteiger partial charge in [0.05, 0.1) is 17.8 Å². The van der Waals surface area contributed by atoms with Gasteiger partial charge in [0.1, 0.15) is 17.2 Å². The van der Waals surface area contributed by atoms with Crippen LogP contribution in [0.1, 0.15) is 23.2 Å². The minimum absolute atomic E-state index is 0.0640. The van der Waals surface area contributed by atoms with Gasteiger partial charge in [-0.2, -0.15) is 9.97 Å². The predicted molar refractivity (Wildman–Crippen MR) is 108 cm³/mol. The van der Waals surface area contributed by atoms with E-state index in [1.165, 1.54) is 6.07 Å². The van der Waals surface area contributed by atoms with Gasteiger partial charge < -0.3 is 10.5 Å². The summed E-state index contributed by atoms with van der Waals surface area (Å²) in [5, 5.41) is 0.903. The second kappa shape index (κ2) is 6.70. The molecule has 0 spiro atoms. The summed E-state index contributed by atoms with van der Waals surface area (Å²) in [6, 6.07) is 16.0. The number of nitrogens with zero attached hydrogens (tertiary/aromatic N) is 3. The maximum Gasteiger partial charge on any atom is 0.239 e. The first kappa shape index (κ1) is 17.4. The molecule has 0 unspecified atom stereocenters. The third-order valence-corrected chi connectivity index (χ3v) is 5.02. The molecule has 0 saturated heterocycles. The number of carbonyl (C=O) groups excluding carboxylic acids is 1. The number of nitrogens with two attached hydrogens (primary N) is 1. The van der Waals surface area contributed by atoms with Crippen molar-refractivity contribution in [3.63, 3.8) is 0 Å². The van der Waals surface area contributed by atoms with Gasteiger partial charge in [-0.15, -0.1) is 0 Å². The summed E-state index contributed by atoms with van der Waals surface area (Å²) in [5.74, 6) is -0.0178. The number of hydrogen-bond acceptors (Lipinski definition) is 5. The summed E-state index contributed by atoms with van der Waals surface area (Å²) in [4.78, 5) is 21.3. The first-order chi connectivity index (χ1) is 14.1. The normalized spacial score (nSPS) is 13.8. The summed E-state index contributed by atoms with van der Waals surface area (Å²) in [7, 11) is 0. The van der Waals surface area contributed by atoms with Crippen LogP contribution in [0.25, 0.3) is 28.1 Å². The fourth-order valence-electron chi connectivity index (χ4n) is 3.68. The minimum Gasteiger partial charge on any atom is -0.477 e. The van der Waals surface area contributed by atoms with Crippen molar-refractivity contribution < 1.29 is 13.9 Å². The highest BCUT2D eigenvalue weighted by Gasteiger charge is 2.25. The molecule has 6 nitrogen and oxygen atoms in total. The van der Waals surface area contributed by atoms with E-state index in [0.717, 1.165) is 10.9 Å². The number of carbonyl (C=O) groups is 1. The molecular formula is C22H17FN4O2. The number of hydrogen-bond donors (Lipinski definition) is 1. The average molecular weight is 388 g/mol. The second-order valence-electron chi connectivity index (χ2n) is 6.87. The second-order valence-corrected chi connectivity index (χ2v) is 6.87. The van der Waals surface area contributed by atoms with Crippen LogP contribution in [0, 0.1) is 5.82 Å². The van der Waals surface area contributed by atoms with Crippen LogP contribution in [0.4, 0.5) is 10.2 Å². The Bertz CT molecular complexity index is 1270. The SMILES string of the molecule is Nc1nc(-n2c(-c3ccccc3F)cc3ccccc32)nc2c1C(=O)CCCO2. The fourth-order valence-corrected chi connectivity index (χ4v) is 3.68. The van der Waals surface area contributed by atoms with Gasteiger partial charge in [0, 0.05) is 17.4 Å². The summed E-state index contributed by atoms with van der Waals surface area (Å²) in [5.41, 5.74) is 8.15. The van der Waals surface area contributed by atoms with Crippen molar-refractivity contribution in [2.75, 3.05) is 12.3 Å². The molecule has 2 N–H and O–H groups in total. The lowest BCUT2D eigenvalue weighted by Crippen LogP contribution is -2.12. The van der Waals surface area contributed by atoms with Crippen LogP contribution in [0.2, 0.25) is 0 Å². The number of benzene rings is 2. The maximum absolute atomic E-state index is 14.6. The van der Waals surface area contributed by atoms with E-state index in [1.807, 2.05) is 30.3 Å². The Morgan fingerprint density at radius 3 is 2.72 bits per heavy atom. The minimum atomic E-state index is -0.356. The number of aromatic nitrogens is 3. The Morgan fingerprint density at radius 1 is 1.07 bits per heavy atom. The monoisotopic (exact) mass is 388 g/mol. The molecule has 0 bridgehead atoms. The van der Waals surface area contributed by atoms with E-state index in [4.69, 9.17) is 10.5 Å². The van der Waals surface area contributed by atoms with Crippen molar-refractivity contribution in [3.8, 4) is 23.1 Å². The molecule has 144 valence electrons. The van der Waals surface area contributed by atoms with Gasteiger partial charge in [0.25, 0.3) is 0 Å². The van der Waals surface area contributed by atoms with Gasteiger partial charge in [0.2, 0.25) is 11.8 Å². The van der Waals surface area contributed by atoms with E-state index >= 15 is 0 Å². The maximum atomic E-state index is 14.6. The van der Waals surface area contributed by atoms with Crippen molar-refractivity contribution in [1.82, 2.24) is 14.5 Å². The van der Waals surface area contributed by atoms with E-state index in [0.29, 0.717) is 30.7 Å². The highest BCUT2D eigenvalue weighted by molar-refractivity contribution is 6.02. The first-order valence-corrected chi connectivity index (χ1v) is 9.33. The lowest BCUT2D eigenvalue weighted by molar-refractivity contribution is 0.0983. The molecule has 1 aliphatic rings. The third-order valence-electron chi connectivity index (χ3n) is 5.02. The van der Waals surface area contributed by atoms with Gasteiger partial charge >= 0.3 is 0 Å². The van der Waals surface area contributed by atoms with E-state index in [2.05, 4.69) is 9.97 Å². The zero-order chi connectivity index (χ0) is 20.0. The van der Waals surface area contributed by atoms with Crippen molar-refractivity contribution >= 4 is 22.5 Å². The highest BCUT2D eigenvalue weighted by atomic mass is 19.1. The summed E-state index contributed by atoms with van der Waals surface area (Å²) in [6.45, 7) is 0.376. The number of para-hydroxylation sites is 1. The van der Waals surface area contributed by atoms with Crippen LogP contribution >= 0.6 is 0 Å². The average Bonchev–Trinajstić information content (AvgIpc) is 2.99. The van der Waals surface area contributed by atoms with Gasteiger partial charge in [-0.1, -0.05) is 30.3 Å². The van der Waals surface area contributed by atoms with Crippen LogP contribution in [0.5, 0.6) is 5.88 Å². The molecule has 1 aliphatic heterocycles. The van der Waals surface area contributed by atoms with Crippen molar-refractivity contribution in [2.24, 2.45) is 0 Å². The zero-order valence-corrected chi connectivity index (χ0v) is 15.4. The molecule has 0 radical (unpaired) electrons. The van der Waals surface area contributed by atoms with Crippen LogP contribution in [0.15, 0.2) is 54.6 Å². The predicted octanol–water partition coefficient (Wildman–Crippen LogP) is 4.16. The summed E-state index contributed by atoms with van der Waals surface area (Å²) < 4.78 is 22.0. The van der Waals surface area contributed by atoms with Crippen LogP contribution < -0.4 is 10.5 Å². The van der Waals surface area contributed by atoms with E-state index in [-0.39, 0.29) is 34.8 Å². The number of ketones is 1. The van der Waals surface area contributed by atoms with Gasteiger partial charge in [0.15, 0.2) is 5.78 Å². The quantitative estimate of drug-likeness (QED) is 0.557. The lowest BCUT2D eigenvalue weighted by Gasteiger charge is -2.14. The molecule has 0 aliphatic carbocycles. The number of halogens is 1. The summed E-state index contributed by atoms with van der Waals surface area (Å²) >= 11 is 0. The van der Waals surface area contributed by atoms with Crippen LogP contribution in [-0.4, -0.2) is 26.9 Å². The standard InChI is InChI=1S/C22H17FN4O2/c23-15-8-3-2-7-14(15)17-12-13-6-1-4-9-16(13)27(17)22-25-20(24)19-18(28)10-5-11-29-21(19)26-22/h1-4,6-9,12H,5,10-11H2,(H2,24,25,26). The molecule has 7 heteroatoms. The Labute approximate surface area is 165 Å². The first-order valence-electron chi connectivity index (χ1n) is 9.33. The Morgan fingerprint density at radius 2 is 1.86 bits per heavy atom. The number of ether oxygens (including phenoxy) is 1. The molecular weight excluding hydrogens is 371 g/mol. The molecule has 3 heterocycles. The molecule has 5 rings (SSSR count). The Kier molecular flexibility index (Phi) is 4.01. The summed E-state index contributed by atoms with van der Waals surface area (Å²) in [6.07, 6.45) is 0.934. The fraction of sp³-hybridized carbons (Fsp3) is 0.136. The van der Waals surface area contributed by atoms with Gasteiger partial charge in [-0.3, -0.25) is 9.36 Å². The molecule has 2 aromatic heterocycles. The van der Waals surface area contributed by atoms with Crippen molar-refractivity contribution in [3.05, 3.63) is 66.0 Å². The topological polar surface area (TPSA) is 83.0 Å². The van der Waals surface area contributed by atoms with Crippen molar-refractivity contribution in [2.45, 2.75) is 12.8 Å². The number of nitrogen functional groups attached to an aromatic ring is 1. The Balaban J connectivity index is 1.81. The third kappa shape index (κ3) is 2.82. The molecule has 0 amide bonds. The number of Topliss-reactive ketones (excluding diaryl/α,β-unsaturated/α-hetero) is 1. The van der Waals surface area contributed by atoms with Crippen molar-refractivity contribution in [1.29, 1.82) is 0 Å². The number of rotatable bonds is 2. The molecule has 4 aromatic rings. The zero-order valence-electron chi connectivity index (χ0n) is 15.4. The highest BCUT2D eigenvalue weighted by Crippen LogP contribution is 2.34. The van der Waals surface area contributed by atoms with Gasteiger partial charge in [-0.05, 0) is 30.7 Å². The Hall–Kier alpha value is -3.74. The van der Waals surface area contributed by atoms with E-state index in [1.54, 1.807) is 22.8 Å². The largest absolute Gasteiger partial charge is 0.477 e. The van der Waals surface area contributed by atoms with E-state index in [9.17, 15) is 9.18 Å². The van der Waals surface area contributed by atoms with Gasteiger partial charge in [-0.25, -0.2) is 4.39 Å². The molecule has 0 saturated carbocycles.